The number of pyridine rings is 1. The van der Waals surface area contributed by atoms with Gasteiger partial charge in [-0.1, -0.05) is 38.1 Å². The van der Waals surface area contributed by atoms with Crippen molar-refractivity contribution in [2.75, 3.05) is 4.72 Å². The molecule has 0 saturated carbocycles. The van der Waals surface area contributed by atoms with Crippen molar-refractivity contribution in [2.24, 2.45) is 0 Å². The normalized spacial score (nSPS) is 13.3. The number of hydrogen-bond acceptors (Lipinski definition) is 6. The van der Waals surface area contributed by atoms with Gasteiger partial charge in [0, 0.05) is 22.8 Å². The molecule has 0 fully saturated rings. The molecule has 41 heavy (non-hydrogen) atoms. The van der Waals surface area contributed by atoms with Crippen LogP contribution in [0.4, 0.5) is 18.9 Å². The van der Waals surface area contributed by atoms with Gasteiger partial charge in [-0.05, 0) is 64.7 Å². The average molecular weight is 652 g/mol. The lowest BCUT2D eigenvalue weighted by Crippen LogP contribution is -2.30. The van der Waals surface area contributed by atoms with Crippen LogP contribution in [-0.2, 0) is 23.0 Å². The van der Waals surface area contributed by atoms with E-state index < -0.39 is 21.6 Å². The first kappa shape index (κ1) is 29.1. The fourth-order valence-electron chi connectivity index (χ4n) is 4.73. The molecule has 216 valence electrons. The molecule has 0 amide bonds. The molecular weight excluding hydrogens is 625 g/mol. The van der Waals surface area contributed by atoms with Crippen molar-refractivity contribution in [2.45, 2.75) is 51.8 Å². The van der Waals surface area contributed by atoms with Crippen LogP contribution in [0, 0.1) is 6.92 Å². The summed E-state index contributed by atoms with van der Waals surface area (Å²) in [6.45, 7) is 6.25. The lowest BCUT2D eigenvalue weighted by Gasteiger charge is -2.13. The van der Waals surface area contributed by atoms with Crippen LogP contribution in [0.25, 0.3) is 33.3 Å². The predicted molar refractivity (Wildman–Crippen MR) is 154 cm³/mol. The zero-order chi connectivity index (χ0) is 29.7. The smallest absolute Gasteiger partial charge is 0.448 e. The molecule has 5 rings (SSSR count). The maximum atomic E-state index is 13.1. The number of hydrogen-bond donors (Lipinski definition) is 2. The van der Waals surface area contributed by atoms with E-state index in [-0.39, 0.29) is 17.0 Å². The average Bonchev–Trinajstić information content (AvgIpc) is 3.45. The number of aliphatic hydroxyl groups excluding tert-OH is 1. The summed E-state index contributed by atoms with van der Waals surface area (Å²) in [6, 6.07) is 13.1. The highest BCUT2D eigenvalue weighted by Crippen LogP contribution is 2.41. The standard InChI is InChI=1S/C28H26BrF3N4O4S/c1-4-22(37)21-12-15(3)24-27(33-21)36(23(5-2)34-24)14-16-10-11-17-19(13-16)26(29)40-25(17)18-8-6-7-9-20(18)35-41(38,39)28(30,31)32/h6-13,22,35,37H,4-5,14H2,1-3H3. The van der Waals surface area contributed by atoms with E-state index in [2.05, 4.69) is 15.9 Å². The number of furan rings is 1. The van der Waals surface area contributed by atoms with E-state index in [4.69, 9.17) is 14.4 Å². The Morgan fingerprint density at radius 3 is 2.51 bits per heavy atom. The molecule has 3 heterocycles. The second kappa shape index (κ2) is 10.8. The van der Waals surface area contributed by atoms with Gasteiger partial charge >= 0.3 is 15.5 Å². The molecule has 8 nitrogen and oxygen atoms in total. The summed E-state index contributed by atoms with van der Waals surface area (Å²) in [6.07, 6.45) is 0.501. The lowest BCUT2D eigenvalue weighted by molar-refractivity contribution is -0.0429. The van der Waals surface area contributed by atoms with Gasteiger partial charge in [0.1, 0.15) is 17.1 Å². The monoisotopic (exact) mass is 650 g/mol. The van der Waals surface area contributed by atoms with Crippen molar-refractivity contribution in [3.8, 4) is 11.3 Å². The Bertz CT molecular complexity index is 1880. The van der Waals surface area contributed by atoms with E-state index in [1.165, 1.54) is 18.2 Å². The van der Waals surface area contributed by atoms with Crippen molar-refractivity contribution < 1.29 is 31.1 Å². The zero-order valence-electron chi connectivity index (χ0n) is 22.3. The van der Waals surface area contributed by atoms with Gasteiger partial charge in [0.2, 0.25) is 0 Å². The first-order valence-electron chi connectivity index (χ1n) is 12.8. The predicted octanol–water partition coefficient (Wildman–Crippen LogP) is 7.23. The van der Waals surface area contributed by atoms with E-state index in [1.54, 1.807) is 16.9 Å². The number of aryl methyl sites for hydroxylation is 2. The van der Waals surface area contributed by atoms with Crippen molar-refractivity contribution in [1.29, 1.82) is 0 Å². The number of aromatic nitrogens is 3. The topological polar surface area (TPSA) is 110 Å². The maximum absolute atomic E-state index is 13.1. The zero-order valence-corrected chi connectivity index (χ0v) is 24.7. The van der Waals surface area contributed by atoms with Crippen LogP contribution in [-0.4, -0.2) is 33.6 Å². The van der Waals surface area contributed by atoms with E-state index in [0.717, 1.165) is 22.5 Å². The number of nitrogens with one attached hydrogen (secondary N) is 1. The van der Waals surface area contributed by atoms with E-state index in [0.29, 0.717) is 46.2 Å². The summed E-state index contributed by atoms with van der Waals surface area (Å²) in [5.41, 5.74) is -1.77. The Balaban J connectivity index is 1.57. The molecule has 0 bridgehead atoms. The second-order valence-electron chi connectivity index (χ2n) is 9.61. The number of sulfonamides is 1. The molecule has 0 spiro atoms. The van der Waals surface area contributed by atoms with Crippen LogP contribution < -0.4 is 4.72 Å². The van der Waals surface area contributed by atoms with Gasteiger partial charge in [-0.25, -0.2) is 9.97 Å². The summed E-state index contributed by atoms with van der Waals surface area (Å²) in [5.74, 6) is 1.04. The third-order valence-corrected chi connectivity index (χ3v) is 8.52. The van der Waals surface area contributed by atoms with Gasteiger partial charge in [-0.2, -0.15) is 21.6 Å². The molecule has 0 aliphatic heterocycles. The highest BCUT2D eigenvalue weighted by atomic mass is 79.9. The number of nitrogens with zero attached hydrogens (tertiary/aromatic N) is 3. The minimum absolute atomic E-state index is 0.152. The molecule has 3 aromatic heterocycles. The Morgan fingerprint density at radius 1 is 1.10 bits per heavy atom. The van der Waals surface area contributed by atoms with Gasteiger partial charge in [0.25, 0.3) is 0 Å². The molecule has 2 aromatic carbocycles. The molecule has 1 atom stereocenters. The lowest BCUT2D eigenvalue weighted by atomic mass is 10.0. The third-order valence-electron chi connectivity index (χ3n) is 6.83. The largest absolute Gasteiger partial charge is 0.516 e. The van der Waals surface area contributed by atoms with Crippen LogP contribution in [0.1, 0.15) is 49.0 Å². The Labute approximate surface area is 242 Å². The van der Waals surface area contributed by atoms with E-state index in [9.17, 15) is 26.7 Å². The number of fused-ring (bicyclic) bond motifs is 2. The SMILES string of the molecule is CCc1nc2c(C)cc(C(O)CC)nc2n1Cc1ccc2c(-c3ccccc3NS(=O)(=O)C(F)(F)F)oc(Br)c2c1. The second-order valence-corrected chi connectivity index (χ2v) is 12.0. The molecule has 2 N–H and O–H groups in total. The third kappa shape index (κ3) is 5.33. The van der Waals surface area contributed by atoms with Gasteiger partial charge in [-0.3, -0.25) is 4.72 Å². The number of anilines is 1. The molecule has 13 heteroatoms. The fraction of sp³-hybridized carbons (Fsp3) is 0.286. The minimum Gasteiger partial charge on any atom is -0.448 e. The number of halogens is 4. The summed E-state index contributed by atoms with van der Waals surface area (Å²) in [4.78, 5) is 9.53. The number of imidazole rings is 1. The highest BCUT2D eigenvalue weighted by molar-refractivity contribution is 9.10. The van der Waals surface area contributed by atoms with Crippen molar-refractivity contribution in [1.82, 2.24) is 14.5 Å². The van der Waals surface area contributed by atoms with Crippen LogP contribution in [0.15, 0.2) is 57.6 Å². The quantitative estimate of drug-likeness (QED) is 0.183. The van der Waals surface area contributed by atoms with Gasteiger partial charge < -0.3 is 14.1 Å². The summed E-state index contributed by atoms with van der Waals surface area (Å²) in [5, 5.41) is 11.7. The van der Waals surface area contributed by atoms with Crippen molar-refractivity contribution >= 4 is 53.6 Å². The van der Waals surface area contributed by atoms with Gasteiger partial charge in [-0.15, -0.1) is 0 Å². The van der Waals surface area contributed by atoms with Gasteiger partial charge in [0.15, 0.2) is 10.3 Å². The molecule has 0 radical (unpaired) electrons. The fourth-order valence-corrected chi connectivity index (χ4v) is 5.81. The Hall–Kier alpha value is -3.42. The van der Waals surface area contributed by atoms with E-state index >= 15 is 0 Å². The number of para-hydroxylation sites is 1. The van der Waals surface area contributed by atoms with Crippen molar-refractivity contribution in [3.63, 3.8) is 0 Å². The maximum Gasteiger partial charge on any atom is 0.516 e. The summed E-state index contributed by atoms with van der Waals surface area (Å²) in [7, 11) is -5.64. The molecule has 1 unspecified atom stereocenters. The Morgan fingerprint density at radius 2 is 1.83 bits per heavy atom. The van der Waals surface area contributed by atoms with Crippen molar-refractivity contribution in [3.05, 3.63) is 75.8 Å². The number of alkyl halides is 3. The van der Waals surface area contributed by atoms with Crippen LogP contribution >= 0.6 is 15.9 Å². The number of benzene rings is 2. The molecule has 0 saturated heterocycles. The Kier molecular flexibility index (Phi) is 7.64. The first-order chi connectivity index (χ1) is 19.3. The molecule has 5 aromatic rings. The molecule has 0 aliphatic rings. The first-order valence-corrected chi connectivity index (χ1v) is 15.1. The van der Waals surface area contributed by atoms with Crippen LogP contribution in [0.5, 0.6) is 0 Å². The summed E-state index contributed by atoms with van der Waals surface area (Å²) < 4.78 is 72.7. The van der Waals surface area contributed by atoms with Gasteiger partial charge in [0.05, 0.1) is 24.0 Å². The number of aliphatic hydroxyl groups is 1. The number of rotatable bonds is 8. The minimum atomic E-state index is -5.64. The molecule has 0 aliphatic carbocycles. The van der Waals surface area contributed by atoms with E-state index in [1.807, 2.05) is 43.5 Å². The van der Waals surface area contributed by atoms with Crippen LogP contribution in [0.2, 0.25) is 0 Å². The van der Waals surface area contributed by atoms with Crippen LogP contribution in [0.3, 0.4) is 0 Å². The molecular formula is C28H26BrF3N4O4S. The highest BCUT2D eigenvalue weighted by Gasteiger charge is 2.46. The summed E-state index contributed by atoms with van der Waals surface area (Å²) >= 11 is 3.41.